The Labute approximate surface area is 185 Å². The molecule has 3 aromatic rings. The molecule has 0 bridgehead atoms. The Hall–Kier alpha value is -2.80. The summed E-state index contributed by atoms with van der Waals surface area (Å²) in [6.45, 7) is 4.56. The summed E-state index contributed by atoms with van der Waals surface area (Å²) in [6, 6.07) is 13.3. The summed E-state index contributed by atoms with van der Waals surface area (Å²) in [7, 11) is 5.05. The molecule has 0 aliphatic rings. The molecule has 0 saturated heterocycles. The number of carbonyl (C=O) groups excluding carboxylic acids is 1. The fourth-order valence-corrected chi connectivity index (χ4v) is 3.52. The lowest BCUT2D eigenvalue weighted by molar-refractivity contribution is 0.0796. The Bertz CT molecular complexity index is 1040. The zero-order chi connectivity index (χ0) is 21.8. The van der Waals surface area contributed by atoms with Crippen LogP contribution in [-0.4, -0.2) is 48.4 Å². The lowest BCUT2D eigenvalue weighted by Gasteiger charge is -2.18. The fourth-order valence-electron chi connectivity index (χ4n) is 3.28. The number of hydrogen-bond acceptors (Lipinski definition) is 4. The van der Waals surface area contributed by atoms with Crippen molar-refractivity contribution in [3.63, 3.8) is 0 Å². The van der Waals surface area contributed by atoms with E-state index >= 15 is 0 Å². The summed E-state index contributed by atoms with van der Waals surface area (Å²) >= 11 is 3.55. The highest BCUT2D eigenvalue weighted by Crippen LogP contribution is 2.28. The molecule has 0 fully saturated rings. The Morgan fingerprint density at radius 2 is 1.73 bits per heavy atom. The quantitative estimate of drug-likeness (QED) is 0.505. The van der Waals surface area contributed by atoms with Gasteiger partial charge in [0.15, 0.2) is 11.5 Å². The van der Waals surface area contributed by atoms with Crippen LogP contribution in [0.1, 0.15) is 27.3 Å². The number of rotatable bonds is 7. The van der Waals surface area contributed by atoms with E-state index in [-0.39, 0.29) is 5.91 Å². The number of ether oxygens (including phenoxy) is 2. The Kier molecular flexibility index (Phi) is 6.82. The van der Waals surface area contributed by atoms with Gasteiger partial charge in [0.2, 0.25) is 0 Å². The molecule has 6 nitrogen and oxygen atoms in total. The average Bonchev–Trinajstić information content (AvgIpc) is 3.04. The molecule has 0 saturated carbocycles. The first kappa shape index (κ1) is 21.9. The monoisotopic (exact) mass is 471 g/mol. The lowest BCUT2D eigenvalue weighted by atomic mass is 10.1. The molecule has 7 heteroatoms. The summed E-state index contributed by atoms with van der Waals surface area (Å²) in [5.41, 5.74) is 4.61. The molecule has 3 rings (SSSR count). The highest BCUT2D eigenvalue weighted by Gasteiger charge is 2.14. The summed E-state index contributed by atoms with van der Waals surface area (Å²) < 4.78 is 13.5. The first-order valence-corrected chi connectivity index (χ1v) is 10.4. The van der Waals surface area contributed by atoms with Gasteiger partial charge in [-0.3, -0.25) is 4.79 Å². The molecular formula is C23H26BrN3O3. The molecule has 30 heavy (non-hydrogen) atoms. The van der Waals surface area contributed by atoms with Crippen molar-refractivity contribution < 1.29 is 14.3 Å². The van der Waals surface area contributed by atoms with Crippen molar-refractivity contribution in [2.45, 2.75) is 20.3 Å². The predicted molar refractivity (Wildman–Crippen MR) is 121 cm³/mol. The number of methoxy groups -OCH3 is 2. The van der Waals surface area contributed by atoms with E-state index in [2.05, 4.69) is 21.0 Å². The molecule has 0 aliphatic carbocycles. The predicted octanol–water partition coefficient (Wildman–Crippen LogP) is 4.58. The van der Waals surface area contributed by atoms with Gasteiger partial charge in [-0.1, -0.05) is 6.07 Å². The van der Waals surface area contributed by atoms with Crippen LogP contribution in [0, 0.1) is 13.8 Å². The standard InChI is InChI=1S/C23H26BrN3O3/c1-15-22(24)16(2)27(25-15)19-9-7-18(8-10-19)23(28)26(3)13-12-17-6-11-20(29-4)21(14-17)30-5/h6-11,14H,12-13H2,1-5H3. The van der Waals surface area contributed by atoms with E-state index in [0.717, 1.165) is 33.5 Å². The first-order chi connectivity index (χ1) is 14.3. The molecule has 0 spiro atoms. The van der Waals surface area contributed by atoms with Gasteiger partial charge in [0.05, 0.1) is 35.8 Å². The van der Waals surface area contributed by atoms with E-state index in [4.69, 9.17) is 9.47 Å². The van der Waals surface area contributed by atoms with Crippen molar-refractivity contribution in [1.82, 2.24) is 14.7 Å². The zero-order valence-corrected chi connectivity index (χ0v) is 19.5. The number of aryl methyl sites for hydroxylation is 1. The summed E-state index contributed by atoms with van der Waals surface area (Å²) in [6.07, 6.45) is 0.723. The number of halogens is 1. The van der Waals surface area contributed by atoms with Gasteiger partial charge in [-0.15, -0.1) is 0 Å². The van der Waals surface area contributed by atoms with Gasteiger partial charge in [-0.2, -0.15) is 5.10 Å². The third kappa shape index (κ3) is 4.51. The average molecular weight is 472 g/mol. The number of benzene rings is 2. The minimum absolute atomic E-state index is 0.0171. The number of amides is 1. The molecular weight excluding hydrogens is 446 g/mol. The Morgan fingerprint density at radius 1 is 1.07 bits per heavy atom. The van der Waals surface area contributed by atoms with Crippen molar-refractivity contribution >= 4 is 21.8 Å². The molecule has 0 unspecified atom stereocenters. The molecule has 1 heterocycles. The van der Waals surface area contributed by atoms with Crippen molar-refractivity contribution in [3.05, 3.63) is 69.5 Å². The maximum atomic E-state index is 12.8. The number of nitrogens with zero attached hydrogens (tertiary/aromatic N) is 3. The molecule has 2 aromatic carbocycles. The van der Waals surface area contributed by atoms with E-state index in [1.165, 1.54) is 0 Å². The molecule has 1 aromatic heterocycles. The molecule has 0 radical (unpaired) electrons. The maximum absolute atomic E-state index is 12.8. The third-order valence-corrected chi connectivity index (χ3v) is 6.24. The van der Waals surface area contributed by atoms with Crippen LogP contribution in [0.4, 0.5) is 0 Å². The minimum Gasteiger partial charge on any atom is -0.493 e. The van der Waals surface area contributed by atoms with Gasteiger partial charge in [0.1, 0.15) is 0 Å². The minimum atomic E-state index is -0.0171. The molecule has 0 atom stereocenters. The van der Waals surface area contributed by atoms with E-state index < -0.39 is 0 Å². The summed E-state index contributed by atoms with van der Waals surface area (Å²) in [4.78, 5) is 14.5. The Balaban J connectivity index is 1.67. The second-order valence-electron chi connectivity index (χ2n) is 7.11. The number of carbonyl (C=O) groups is 1. The van der Waals surface area contributed by atoms with Gasteiger partial charge in [0, 0.05) is 19.2 Å². The third-order valence-electron chi connectivity index (χ3n) is 5.09. The van der Waals surface area contributed by atoms with Crippen LogP contribution in [-0.2, 0) is 6.42 Å². The van der Waals surface area contributed by atoms with E-state index in [1.807, 2.05) is 68.0 Å². The fraction of sp³-hybridized carbons (Fsp3) is 0.304. The molecule has 0 aliphatic heterocycles. The lowest BCUT2D eigenvalue weighted by Crippen LogP contribution is -2.28. The van der Waals surface area contributed by atoms with Crippen LogP contribution in [0.5, 0.6) is 11.5 Å². The molecule has 1 amide bonds. The van der Waals surface area contributed by atoms with E-state index in [1.54, 1.807) is 19.1 Å². The maximum Gasteiger partial charge on any atom is 0.253 e. The first-order valence-electron chi connectivity index (χ1n) is 9.64. The van der Waals surface area contributed by atoms with Gasteiger partial charge in [-0.05, 0) is 78.2 Å². The highest BCUT2D eigenvalue weighted by atomic mass is 79.9. The van der Waals surface area contributed by atoms with Crippen LogP contribution in [0.3, 0.4) is 0 Å². The smallest absolute Gasteiger partial charge is 0.253 e. The normalized spacial score (nSPS) is 10.7. The van der Waals surface area contributed by atoms with Gasteiger partial charge >= 0.3 is 0 Å². The number of aromatic nitrogens is 2. The number of likely N-dealkylation sites (N-methyl/N-ethyl adjacent to an activating group) is 1. The van der Waals surface area contributed by atoms with Crippen molar-refractivity contribution in [2.75, 3.05) is 27.8 Å². The van der Waals surface area contributed by atoms with E-state index in [9.17, 15) is 4.79 Å². The summed E-state index contributed by atoms with van der Waals surface area (Å²) in [5.74, 6) is 1.37. The van der Waals surface area contributed by atoms with Crippen LogP contribution in [0.2, 0.25) is 0 Å². The van der Waals surface area contributed by atoms with Crippen LogP contribution in [0.15, 0.2) is 46.9 Å². The van der Waals surface area contributed by atoms with E-state index in [0.29, 0.717) is 23.6 Å². The second-order valence-corrected chi connectivity index (χ2v) is 7.90. The Morgan fingerprint density at radius 3 is 2.30 bits per heavy atom. The van der Waals surface area contributed by atoms with Crippen molar-refractivity contribution in [3.8, 4) is 17.2 Å². The van der Waals surface area contributed by atoms with Crippen LogP contribution in [0.25, 0.3) is 5.69 Å². The van der Waals surface area contributed by atoms with Crippen LogP contribution < -0.4 is 9.47 Å². The van der Waals surface area contributed by atoms with Crippen LogP contribution >= 0.6 is 15.9 Å². The number of hydrogen-bond donors (Lipinski definition) is 0. The summed E-state index contributed by atoms with van der Waals surface area (Å²) in [5, 5.41) is 4.53. The molecule has 158 valence electrons. The van der Waals surface area contributed by atoms with Gasteiger partial charge in [0.25, 0.3) is 5.91 Å². The molecule has 0 N–H and O–H groups in total. The topological polar surface area (TPSA) is 56.6 Å². The van der Waals surface area contributed by atoms with Gasteiger partial charge in [-0.25, -0.2) is 4.68 Å². The SMILES string of the molecule is COc1ccc(CCN(C)C(=O)c2ccc(-n3nc(C)c(Br)c3C)cc2)cc1OC. The van der Waals surface area contributed by atoms with Gasteiger partial charge < -0.3 is 14.4 Å². The zero-order valence-electron chi connectivity index (χ0n) is 17.9. The largest absolute Gasteiger partial charge is 0.493 e. The second kappa shape index (κ2) is 9.34. The highest BCUT2D eigenvalue weighted by molar-refractivity contribution is 9.10. The van der Waals surface area contributed by atoms with Crippen molar-refractivity contribution in [2.24, 2.45) is 0 Å². The van der Waals surface area contributed by atoms with Crippen molar-refractivity contribution in [1.29, 1.82) is 0 Å².